The molecule has 1 unspecified atom stereocenters. The Morgan fingerprint density at radius 3 is 2.97 bits per heavy atom. The second-order valence-corrected chi connectivity index (χ2v) is 7.91. The Morgan fingerprint density at radius 2 is 2.28 bits per heavy atom. The van der Waals surface area contributed by atoms with Gasteiger partial charge in [0.05, 0.1) is 32.3 Å². The zero-order chi connectivity index (χ0) is 20.4. The standard InChI is InChI=1S/C23H28N2O4/c1-4-15-14-25-11-9-16(15)12-21(25)22(29-23(26)28-5-2)18-8-10-24-20-7-6-17(27-3)13-19(18)20/h4,6-8,10,13,15-16,21-22H,1,5,9,11-12,14H2,2-3H3/p+1/t15-,16-,21+,22-/m1/s1. The van der Waals surface area contributed by atoms with Gasteiger partial charge in [0.1, 0.15) is 11.8 Å². The number of fused-ring (bicyclic) bond motifs is 4. The highest BCUT2D eigenvalue weighted by atomic mass is 16.7. The van der Waals surface area contributed by atoms with Crippen molar-refractivity contribution in [2.75, 3.05) is 26.8 Å². The predicted molar refractivity (Wildman–Crippen MR) is 110 cm³/mol. The molecule has 0 radical (unpaired) electrons. The lowest BCUT2D eigenvalue weighted by Gasteiger charge is -2.48. The first-order valence-electron chi connectivity index (χ1n) is 10.4. The van der Waals surface area contributed by atoms with Crippen molar-refractivity contribution in [2.24, 2.45) is 11.8 Å². The lowest BCUT2D eigenvalue weighted by molar-refractivity contribution is -0.949. The Hall–Kier alpha value is -2.60. The number of quaternary nitrogens is 1. The summed E-state index contributed by atoms with van der Waals surface area (Å²) in [6, 6.07) is 7.95. The summed E-state index contributed by atoms with van der Waals surface area (Å²) in [6.07, 6.45) is 5.06. The van der Waals surface area contributed by atoms with Gasteiger partial charge >= 0.3 is 6.16 Å². The maximum absolute atomic E-state index is 12.3. The number of nitrogens with one attached hydrogen (secondary N) is 1. The molecule has 1 aromatic carbocycles. The number of ether oxygens (including phenoxy) is 3. The second kappa shape index (κ2) is 8.41. The van der Waals surface area contributed by atoms with Crippen LogP contribution in [0.3, 0.4) is 0 Å². The van der Waals surface area contributed by atoms with Crippen molar-refractivity contribution in [3.63, 3.8) is 0 Å². The Balaban J connectivity index is 1.75. The number of rotatable bonds is 6. The number of carbonyl (C=O) groups excluding carboxylic acids is 1. The van der Waals surface area contributed by atoms with E-state index in [1.165, 1.54) is 11.3 Å². The molecule has 154 valence electrons. The van der Waals surface area contributed by atoms with Crippen LogP contribution >= 0.6 is 0 Å². The lowest BCUT2D eigenvalue weighted by Crippen LogP contribution is -3.20. The van der Waals surface area contributed by atoms with Gasteiger partial charge in [0.15, 0.2) is 6.10 Å². The van der Waals surface area contributed by atoms with Crippen LogP contribution in [0.15, 0.2) is 43.1 Å². The third kappa shape index (κ3) is 3.81. The number of nitrogens with zero attached hydrogens (tertiary/aromatic N) is 1. The van der Waals surface area contributed by atoms with Crippen LogP contribution < -0.4 is 9.64 Å². The molecule has 5 atom stereocenters. The molecule has 0 saturated carbocycles. The van der Waals surface area contributed by atoms with Crippen LogP contribution in [-0.2, 0) is 9.47 Å². The van der Waals surface area contributed by atoms with E-state index in [0.29, 0.717) is 18.4 Å². The van der Waals surface area contributed by atoms with Gasteiger partial charge in [0.2, 0.25) is 0 Å². The van der Waals surface area contributed by atoms with Gasteiger partial charge in [0.25, 0.3) is 0 Å². The molecule has 1 N–H and O–H groups in total. The molecule has 6 nitrogen and oxygen atoms in total. The lowest BCUT2D eigenvalue weighted by atomic mass is 9.73. The van der Waals surface area contributed by atoms with E-state index >= 15 is 0 Å². The molecule has 0 amide bonds. The Morgan fingerprint density at radius 1 is 1.41 bits per heavy atom. The molecule has 3 fully saturated rings. The maximum Gasteiger partial charge on any atom is 0.509 e. The second-order valence-electron chi connectivity index (χ2n) is 7.91. The number of benzene rings is 1. The van der Waals surface area contributed by atoms with Crippen molar-refractivity contribution in [2.45, 2.75) is 31.9 Å². The van der Waals surface area contributed by atoms with Crippen molar-refractivity contribution in [1.29, 1.82) is 0 Å². The van der Waals surface area contributed by atoms with Crippen LogP contribution in [0.2, 0.25) is 0 Å². The van der Waals surface area contributed by atoms with Gasteiger partial charge in [-0.25, -0.2) is 4.79 Å². The van der Waals surface area contributed by atoms with E-state index in [1.54, 1.807) is 20.2 Å². The fourth-order valence-corrected chi connectivity index (χ4v) is 5.03. The monoisotopic (exact) mass is 397 g/mol. The number of carbonyl (C=O) groups is 1. The van der Waals surface area contributed by atoms with Crippen molar-refractivity contribution in [1.82, 2.24) is 4.98 Å². The molecular weight excluding hydrogens is 368 g/mol. The Labute approximate surface area is 171 Å². The average molecular weight is 397 g/mol. The molecule has 1 aromatic heterocycles. The van der Waals surface area contributed by atoms with Gasteiger partial charge in [-0.05, 0) is 37.1 Å². The van der Waals surface area contributed by atoms with Gasteiger partial charge in [-0.15, -0.1) is 6.58 Å². The molecule has 3 aliphatic heterocycles. The summed E-state index contributed by atoms with van der Waals surface area (Å²) in [4.78, 5) is 18.3. The summed E-state index contributed by atoms with van der Waals surface area (Å²) in [7, 11) is 1.65. The third-order valence-corrected chi connectivity index (χ3v) is 6.46. The van der Waals surface area contributed by atoms with E-state index in [2.05, 4.69) is 17.6 Å². The van der Waals surface area contributed by atoms with E-state index < -0.39 is 12.3 Å². The number of aromatic nitrogens is 1. The van der Waals surface area contributed by atoms with Crippen molar-refractivity contribution < 1.29 is 23.9 Å². The molecule has 4 heterocycles. The van der Waals surface area contributed by atoms with Crippen LogP contribution in [0.1, 0.15) is 31.4 Å². The molecule has 3 aliphatic rings. The highest BCUT2D eigenvalue weighted by molar-refractivity contribution is 5.84. The van der Waals surface area contributed by atoms with E-state index in [4.69, 9.17) is 14.2 Å². The molecule has 2 aromatic rings. The van der Waals surface area contributed by atoms with E-state index in [9.17, 15) is 4.79 Å². The Kier molecular flexibility index (Phi) is 5.72. The third-order valence-electron chi connectivity index (χ3n) is 6.46. The van der Waals surface area contributed by atoms with Gasteiger partial charge in [-0.3, -0.25) is 4.98 Å². The predicted octanol–water partition coefficient (Wildman–Crippen LogP) is 2.94. The minimum Gasteiger partial charge on any atom is -0.497 e. The summed E-state index contributed by atoms with van der Waals surface area (Å²) in [5.74, 6) is 1.88. The van der Waals surface area contributed by atoms with Crippen LogP contribution in [0.4, 0.5) is 4.79 Å². The smallest absolute Gasteiger partial charge is 0.497 e. The van der Waals surface area contributed by atoms with Gasteiger partial charge in [-0.2, -0.15) is 0 Å². The normalized spacial score (nSPS) is 26.7. The molecule has 0 aliphatic carbocycles. The Bertz CT molecular complexity index is 900. The van der Waals surface area contributed by atoms with Gasteiger partial charge in [-0.1, -0.05) is 6.08 Å². The first kappa shape index (κ1) is 19.7. The summed E-state index contributed by atoms with van der Waals surface area (Å²) in [5.41, 5.74) is 1.82. The molecule has 3 saturated heterocycles. The average Bonchev–Trinajstić information content (AvgIpc) is 2.77. The summed E-state index contributed by atoms with van der Waals surface area (Å²) >= 11 is 0. The number of hydrogen-bond acceptors (Lipinski definition) is 5. The van der Waals surface area contributed by atoms with Crippen LogP contribution in [0.5, 0.6) is 5.75 Å². The summed E-state index contributed by atoms with van der Waals surface area (Å²) in [5, 5.41) is 0.948. The maximum atomic E-state index is 12.3. The van der Waals surface area contributed by atoms with Gasteiger partial charge < -0.3 is 19.1 Å². The quantitative estimate of drug-likeness (QED) is 0.600. The molecule has 6 heteroatoms. The molecule has 0 spiro atoms. The summed E-state index contributed by atoms with van der Waals surface area (Å²) in [6.45, 7) is 8.23. The minimum atomic E-state index is -0.618. The number of piperidine rings is 3. The van der Waals surface area contributed by atoms with Crippen LogP contribution in [-0.4, -0.2) is 44.0 Å². The zero-order valence-electron chi connectivity index (χ0n) is 17.1. The zero-order valence-corrected chi connectivity index (χ0v) is 17.1. The molecular formula is C23H29N2O4+. The molecule has 5 rings (SSSR count). The summed E-state index contributed by atoms with van der Waals surface area (Å²) < 4.78 is 16.5. The van der Waals surface area contributed by atoms with Crippen molar-refractivity contribution in [3.8, 4) is 5.75 Å². The highest BCUT2D eigenvalue weighted by Crippen LogP contribution is 2.36. The minimum absolute atomic E-state index is 0.186. The fraction of sp³-hybridized carbons (Fsp3) is 0.478. The fourth-order valence-electron chi connectivity index (χ4n) is 5.03. The molecule has 2 bridgehead atoms. The highest BCUT2D eigenvalue weighted by Gasteiger charge is 2.47. The SMILES string of the molecule is C=C[C@@H]1C[NH+]2CC[C@@H]1C[C@H]2[C@H](OC(=O)OCC)c1ccnc2ccc(OC)cc12. The number of hydrogen-bond donors (Lipinski definition) is 1. The molecule has 29 heavy (non-hydrogen) atoms. The van der Waals surface area contributed by atoms with Gasteiger partial charge in [0, 0.05) is 35.9 Å². The van der Waals surface area contributed by atoms with E-state index in [0.717, 1.165) is 41.7 Å². The number of methoxy groups -OCH3 is 1. The van der Waals surface area contributed by atoms with Crippen LogP contribution in [0.25, 0.3) is 10.9 Å². The van der Waals surface area contributed by atoms with Crippen molar-refractivity contribution >= 4 is 17.1 Å². The van der Waals surface area contributed by atoms with Crippen molar-refractivity contribution in [3.05, 3.63) is 48.7 Å². The topological polar surface area (TPSA) is 62.1 Å². The van der Waals surface area contributed by atoms with E-state index in [1.807, 2.05) is 24.3 Å². The van der Waals surface area contributed by atoms with E-state index in [-0.39, 0.29) is 6.04 Å². The van der Waals surface area contributed by atoms with Crippen LogP contribution in [0, 0.1) is 11.8 Å². The number of pyridine rings is 1. The largest absolute Gasteiger partial charge is 0.509 e. The first-order chi connectivity index (χ1) is 14.1. The first-order valence-corrected chi connectivity index (χ1v) is 10.4.